The topological polar surface area (TPSA) is 83.4 Å². The molecule has 6 nitrogen and oxygen atoms in total. The molecule has 1 fully saturated rings. The largest absolute Gasteiger partial charge is 0.396 e. The fourth-order valence-electron chi connectivity index (χ4n) is 3.66. The lowest BCUT2D eigenvalue weighted by atomic mass is 10.0. The summed E-state index contributed by atoms with van der Waals surface area (Å²) in [5, 5.41) is 15.6. The van der Waals surface area contributed by atoms with Crippen LogP contribution >= 0.6 is 12.4 Å². The molecule has 3 rings (SSSR count). The predicted octanol–water partition coefficient (Wildman–Crippen LogP) is 2.36. The van der Waals surface area contributed by atoms with Gasteiger partial charge in [0.25, 0.3) is 11.5 Å². The van der Waals surface area contributed by atoms with E-state index >= 15 is 0 Å². The zero-order valence-corrected chi connectivity index (χ0v) is 16.9. The number of nitrogens with zero attached hydrogens (tertiary/aromatic N) is 1. The van der Waals surface area contributed by atoms with E-state index in [0.29, 0.717) is 12.0 Å². The van der Waals surface area contributed by atoms with Crippen LogP contribution in [0.15, 0.2) is 47.4 Å². The number of aliphatic hydroxyl groups excluding tert-OH is 1. The van der Waals surface area contributed by atoms with E-state index in [4.69, 9.17) is 0 Å². The van der Waals surface area contributed by atoms with Crippen LogP contribution in [-0.2, 0) is 0 Å². The molecule has 0 aliphatic carbocycles. The second-order valence-corrected chi connectivity index (χ2v) is 7.02. The molecule has 1 aromatic carbocycles. The number of aliphatic hydroxyl groups is 1. The number of halogens is 1. The van der Waals surface area contributed by atoms with Gasteiger partial charge in [-0.2, -0.15) is 0 Å². The number of rotatable bonds is 6. The van der Waals surface area contributed by atoms with E-state index in [2.05, 4.69) is 10.6 Å². The lowest BCUT2D eigenvalue weighted by Crippen LogP contribution is -2.39. The molecule has 2 heterocycles. The Balaban J connectivity index is 0.00000280. The van der Waals surface area contributed by atoms with E-state index in [1.807, 2.05) is 36.4 Å². The first-order valence-corrected chi connectivity index (χ1v) is 9.51. The molecule has 1 atom stereocenters. The molecule has 0 spiro atoms. The summed E-state index contributed by atoms with van der Waals surface area (Å²) in [7, 11) is 0. The fraction of sp³-hybridized carbons (Fsp3) is 0.429. The van der Waals surface area contributed by atoms with Gasteiger partial charge in [0.05, 0.1) is 6.04 Å². The van der Waals surface area contributed by atoms with E-state index in [1.54, 1.807) is 17.7 Å². The number of carbonyl (C=O) groups excluding carboxylic acids is 1. The Morgan fingerprint density at radius 1 is 1.25 bits per heavy atom. The zero-order valence-electron chi connectivity index (χ0n) is 16.1. The van der Waals surface area contributed by atoms with Crippen LogP contribution in [0.5, 0.6) is 0 Å². The summed E-state index contributed by atoms with van der Waals surface area (Å²) in [6.45, 7) is 3.48. The molecule has 1 saturated heterocycles. The highest BCUT2D eigenvalue weighted by molar-refractivity contribution is 5.95. The molecule has 7 heteroatoms. The molecule has 1 aromatic heterocycles. The molecule has 1 amide bonds. The van der Waals surface area contributed by atoms with Gasteiger partial charge in [-0.25, -0.2) is 0 Å². The first kappa shape index (κ1) is 22.1. The highest BCUT2D eigenvalue weighted by Gasteiger charge is 2.23. The fourth-order valence-corrected chi connectivity index (χ4v) is 3.66. The third-order valence-corrected chi connectivity index (χ3v) is 5.18. The Morgan fingerprint density at radius 2 is 1.93 bits per heavy atom. The molecule has 0 radical (unpaired) electrons. The molecule has 3 N–H and O–H groups in total. The predicted molar refractivity (Wildman–Crippen MR) is 112 cm³/mol. The smallest absolute Gasteiger partial charge is 0.263 e. The Labute approximate surface area is 171 Å². The first-order valence-electron chi connectivity index (χ1n) is 9.51. The SMILES string of the molecule is Cc1ccn(C2CCNCC2)c(=O)c1C(=O)NC(CCO)c1ccccc1.Cl. The van der Waals surface area contributed by atoms with Crippen LogP contribution in [0.2, 0.25) is 0 Å². The molecule has 28 heavy (non-hydrogen) atoms. The van der Waals surface area contributed by atoms with E-state index < -0.39 is 0 Å². The minimum absolute atomic E-state index is 0. The molecule has 1 unspecified atom stereocenters. The molecular weight excluding hydrogens is 378 g/mol. The summed E-state index contributed by atoms with van der Waals surface area (Å²) in [6, 6.07) is 11.1. The first-order chi connectivity index (χ1) is 13.1. The Bertz CT molecular complexity index is 833. The minimum atomic E-state index is -0.386. The van der Waals surface area contributed by atoms with Gasteiger partial charge >= 0.3 is 0 Å². The molecule has 0 saturated carbocycles. The van der Waals surface area contributed by atoms with Crippen molar-refractivity contribution in [1.29, 1.82) is 0 Å². The number of carbonyl (C=O) groups is 1. The van der Waals surface area contributed by atoms with Gasteiger partial charge < -0.3 is 20.3 Å². The van der Waals surface area contributed by atoms with Gasteiger partial charge in [0.1, 0.15) is 5.56 Å². The van der Waals surface area contributed by atoms with Gasteiger partial charge in [-0.3, -0.25) is 9.59 Å². The number of aryl methyl sites for hydroxylation is 1. The van der Waals surface area contributed by atoms with Crippen LogP contribution in [0.3, 0.4) is 0 Å². The Kier molecular flexibility index (Phi) is 8.23. The van der Waals surface area contributed by atoms with Crippen LogP contribution in [0.1, 0.15) is 52.8 Å². The highest BCUT2D eigenvalue weighted by atomic mass is 35.5. The molecule has 2 aromatic rings. The summed E-state index contributed by atoms with van der Waals surface area (Å²) in [5.74, 6) is -0.386. The number of piperidine rings is 1. The third kappa shape index (κ3) is 5.01. The molecule has 1 aliphatic rings. The quantitative estimate of drug-likeness (QED) is 0.688. The number of hydrogen-bond acceptors (Lipinski definition) is 4. The van der Waals surface area contributed by atoms with Crippen molar-refractivity contribution in [3.63, 3.8) is 0 Å². The van der Waals surface area contributed by atoms with Crippen molar-refractivity contribution in [1.82, 2.24) is 15.2 Å². The van der Waals surface area contributed by atoms with Crippen LogP contribution in [-0.4, -0.2) is 35.3 Å². The van der Waals surface area contributed by atoms with Gasteiger partial charge in [-0.05, 0) is 56.5 Å². The van der Waals surface area contributed by atoms with E-state index in [0.717, 1.165) is 31.5 Å². The van der Waals surface area contributed by atoms with Crippen molar-refractivity contribution in [2.24, 2.45) is 0 Å². The normalized spacial score (nSPS) is 15.5. The standard InChI is InChI=1S/C21H27N3O3.ClH/c1-15-9-13-24(17-7-11-22-12-8-17)21(27)19(15)20(26)23-18(10-14-25)16-5-3-2-4-6-16;/h2-6,9,13,17-18,22,25H,7-8,10-12,14H2,1H3,(H,23,26);1H. The Morgan fingerprint density at radius 3 is 2.57 bits per heavy atom. The maximum Gasteiger partial charge on any atom is 0.263 e. The lowest BCUT2D eigenvalue weighted by molar-refractivity contribution is 0.0927. The van der Waals surface area contributed by atoms with E-state index in [9.17, 15) is 14.7 Å². The van der Waals surface area contributed by atoms with Gasteiger partial charge in [0.2, 0.25) is 0 Å². The molecular formula is C21H28ClN3O3. The number of aromatic nitrogens is 1. The Hall–Kier alpha value is -2.15. The number of benzene rings is 1. The van der Waals surface area contributed by atoms with Crippen LogP contribution in [0.4, 0.5) is 0 Å². The monoisotopic (exact) mass is 405 g/mol. The minimum Gasteiger partial charge on any atom is -0.396 e. The number of hydrogen-bond donors (Lipinski definition) is 3. The number of pyridine rings is 1. The van der Waals surface area contributed by atoms with Gasteiger partial charge in [0, 0.05) is 18.8 Å². The highest BCUT2D eigenvalue weighted by Crippen LogP contribution is 2.19. The summed E-state index contributed by atoms with van der Waals surface area (Å²) < 4.78 is 1.70. The van der Waals surface area contributed by atoms with Crippen LogP contribution < -0.4 is 16.2 Å². The zero-order chi connectivity index (χ0) is 19.2. The van der Waals surface area contributed by atoms with Crippen LogP contribution in [0.25, 0.3) is 0 Å². The summed E-state index contributed by atoms with van der Waals surface area (Å²) in [4.78, 5) is 26.0. The van der Waals surface area contributed by atoms with Crippen molar-refractivity contribution in [2.75, 3.05) is 19.7 Å². The third-order valence-electron chi connectivity index (χ3n) is 5.18. The second kappa shape index (κ2) is 10.4. The van der Waals surface area contributed by atoms with Crippen LogP contribution in [0, 0.1) is 6.92 Å². The summed E-state index contributed by atoms with van der Waals surface area (Å²) in [6.07, 6.45) is 3.94. The maximum atomic E-state index is 13.0. The number of nitrogens with one attached hydrogen (secondary N) is 2. The van der Waals surface area contributed by atoms with E-state index in [1.165, 1.54) is 0 Å². The van der Waals surface area contributed by atoms with Crippen molar-refractivity contribution in [3.8, 4) is 0 Å². The van der Waals surface area contributed by atoms with Gasteiger partial charge in [0.15, 0.2) is 0 Å². The molecule has 152 valence electrons. The second-order valence-electron chi connectivity index (χ2n) is 7.02. The average Bonchev–Trinajstić information content (AvgIpc) is 2.69. The lowest BCUT2D eigenvalue weighted by Gasteiger charge is -2.26. The molecule has 1 aliphatic heterocycles. The van der Waals surface area contributed by atoms with Crippen molar-refractivity contribution < 1.29 is 9.90 Å². The average molecular weight is 406 g/mol. The van der Waals surface area contributed by atoms with Crippen molar-refractivity contribution in [2.45, 2.75) is 38.3 Å². The summed E-state index contributed by atoms with van der Waals surface area (Å²) in [5.41, 5.74) is 1.52. The maximum absolute atomic E-state index is 13.0. The number of amides is 1. The van der Waals surface area contributed by atoms with E-state index in [-0.39, 0.29) is 48.1 Å². The van der Waals surface area contributed by atoms with Gasteiger partial charge in [-0.1, -0.05) is 30.3 Å². The molecule has 0 bridgehead atoms. The van der Waals surface area contributed by atoms with Gasteiger partial charge in [-0.15, -0.1) is 12.4 Å². The van der Waals surface area contributed by atoms with Crippen molar-refractivity contribution >= 4 is 18.3 Å². The van der Waals surface area contributed by atoms with Crippen molar-refractivity contribution in [3.05, 3.63) is 69.6 Å². The summed E-state index contributed by atoms with van der Waals surface area (Å²) >= 11 is 0.